The van der Waals surface area contributed by atoms with Gasteiger partial charge in [-0.2, -0.15) is 0 Å². The first-order valence-corrected chi connectivity index (χ1v) is 8.11. The Morgan fingerprint density at radius 2 is 1.87 bits per heavy atom. The van der Waals surface area contributed by atoms with Crippen LogP contribution in [0.5, 0.6) is 0 Å². The number of likely N-dealkylation sites (tertiary alicyclic amines) is 1. The van der Waals surface area contributed by atoms with E-state index in [4.69, 9.17) is 0 Å². The third-order valence-electron chi connectivity index (χ3n) is 3.66. The third-order valence-corrected chi connectivity index (χ3v) is 4.42. The summed E-state index contributed by atoms with van der Waals surface area (Å²) in [5.74, 6) is -1.02. The zero-order valence-electron chi connectivity index (χ0n) is 12.5. The number of imide groups is 1. The maximum Gasteiger partial charge on any atom is 0.249 e. The number of rotatable bonds is 4. The van der Waals surface area contributed by atoms with Crippen LogP contribution in [0.3, 0.4) is 0 Å². The van der Waals surface area contributed by atoms with Crippen LogP contribution in [-0.2, 0) is 14.4 Å². The van der Waals surface area contributed by atoms with Crippen molar-refractivity contribution in [3.63, 3.8) is 0 Å². The number of carbonyl (C=O) groups is 3. The summed E-state index contributed by atoms with van der Waals surface area (Å²) < 4.78 is 0. The van der Waals surface area contributed by atoms with E-state index >= 15 is 0 Å². The van der Waals surface area contributed by atoms with Gasteiger partial charge < -0.3 is 5.32 Å². The fraction of sp³-hybridized carbons (Fsp3) is 0.250. The van der Waals surface area contributed by atoms with Gasteiger partial charge in [0.05, 0.1) is 5.69 Å². The molecule has 0 aliphatic carbocycles. The van der Waals surface area contributed by atoms with Crippen LogP contribution in [0.4, 0.5) is 5.13 Å². The van der Waals surface area contributed by atoms with E-state index < -0.39 is 11.9 Å². The molecule has 1 aliphatic rings. The van der Waals surface area contributed by atoms with Crippen LogP contribution in [0.2, 0.25) is 0 Å². The number of hydrogen-bond donors (Lipinski definition) is 1. The lowest BCUT2D eigenvalue weighted by Crippen LogP contribution is -2.44. The number of carbonyl (C=O) groups excluding carboxylic acids is 3. The maximum absolute atomic E-state index is 12.2. The van der Waals surface area contributed by atoms with E-state index in [9.17, 15) is 14.4 Å². The Morgan fingerprint density at radius 3 is 2.52 bits per heavy atom. The van der Waals surface area contributed by atoms with E-state index in [0.717, 1.165) is 16.2 Å². The largest absolute Gasteiger partial charge is 0.300 e. The Balaban J connectivity index is 1.70. The van der Waals surface area contributed by atoms with Crippen LogP contribution in [0.25, 0.3) is 11.3 Å². The molecule has 7 heteroatoms. The van der Waals surface area contributed by atoms with Crippen molar-refractivity contribution in [3.8, 4) is 11.3 Å². The van der Waals surface area contributed by atoms with Gasteiger partial charge in [0.25, 0.3) is 0 Å². The molecule has 3 amide bonds. The average Bonchev–Trinajstić information content (AvgIpc) is 3.14. The van der Waals surface area contributed by atoms with Gasteiger partial charge in [-0.3, -0.25) is 19.3 Å². The van der Waals surface area contributed by atoms with E-state index in [2.05, 4.69) is 10.3 Å². The number of nitrogens with one attached hydrogen (secondary N) is 1. The fourth-order valence-electron chi connectivity index (χ4n) is 2.43. The zero-order valence-corrected chi connectivity index (χ0v) is 13.3. The maximum atomic E-state index is 12.2. The minimum Gasteiger partial charge on any atom is -0.300 e. The smallest absolute Gasteiger partial charge is 0.249 e. The van der Waals surface area contributed by atoms with Gasteiger partial charge in [0.15, 0.2) is 5.13 Å². The first-order chi connectivity index (χ1) is 11.1. The second-order valence-corrected chi connectivity index (χ2v) is 6.08. The van der Waals surface area contributed by atoms with Gasteiger partial charge in [-0.05, 0) is 6.92 Å². The molecule has 1 aliphatic heterocycles. The van der Waals surface area contributed by atoms with Crippen molar-refractivity contribution in [3.05, 3.63) is 35.7 Å². The highest BCUT2D eigenvalue weighted by Crippen LogP contribution is 2.25. The monoisotopic (exact) mass is 329 g/mol. The number of nitrogens with zero attached hydrogens (tertiary/aromatic N) is 2. The Morgan fingerprint density at radius 1 is 1.22 bits per heavy atom. The predicted molar refractivity (Wildman–Crippen MR) is 86.7 cm³/mol. The van der Waals surface area contributed by atoms with Gasteiger partial charge in [-0.1, -0.05) is 30.3 Å². The molecular weight excluding hydrogens is 314 g/mol. The Kier molecular flexibility index (Phi) is 4.20. The molecule has 1 atom stereocenters. The summed E-state index contributed by atoms with van der Waals surface area (Å²) in [7, 11) is 0. The number of amides is 3. The lowest BCUT2D eigenvalue weighted by atomic mass is 10.2. The topological polar surface area (TPSA) is 79.4 Å². The summed E-state index contributed by atoms with van der Waals surface area (Å²) in [4.78, 5) is 41.0. The minimum atomic E-state index is -0.832. The third kappa shape index (κ3) is 3.14. The van der Waals surface area contributed by atoms with Crippen LogP contribution >= 0.6 is 11.3 Å². The molecule has 23 heavy (non-hydrogen) atoms. The van der Waals surface area contributed by atoms with Crippen molar-refractivity contribution < 1.29 is 14.4 Å². The number of aromatic nitrogens is 1. The highest BCUT2D eigenvalue weighted by molar-refractivity contribution is 7.14. The van der Waals surface area contributed by atoms with Crippen molar-refractivity contribution >= 4 is 34.2 Å². The molecule has 3 rings (SSSR count). The molecule has 2 aromatic rings. The van der Waals surface area contributed by atoms with Gasteiger partial charge in [0, 0.05) is 23.8 Å². The molecule has 1 aromatic heterocycles. The number of benzene rings is 1. The molecule has 0 bridgehead atoms. The first-order valence-electron chi connectivity index (χ1n) is 7.23. The van der Waals surface area contributed by atoms with E-state index in [1.54, 1.807) is 6.92 Å². The zero-order chi connectivity index (χ0) is 16.4. The van der Waals surface area contributed by atoms with Crippen molar-refractivity contribution in [1.29, 1.82) is 0 Å². The molecule has 0 saturated carbocycles. The molecule has 1 fully saturated rings. The molecule has 1 saturated heterocycles. The summed E-state index contributed by atoms with van der Waals surface area (Å²) in [6.07, 6.45) is 0.345. The van der Waals surface area contributed by atoms with E-state index in [0.29, 0.717) is 5.13 Å². The van der Waals surface area contributed by atoms with E-state index in [1.807, 2.05) is 35.7 Å². The molecule has 0 radical (unpaired) electrons. The highest BCUT2D eigenvalue weighted by atomic mass is 32.1. The summed E-state index contributed by atoms with van der Waals surface area (Å²) in [5.41, 5.74) is 1.73. The van der Waals surface area contributed by atoms with Crippen LogP contribution < -0.4 is 5.32 Å². The molecule has 1 aromatic carbocycles. The minimum absolute atomic E-state index is 0.172. The standard InChI is InChI=1S/C16H15N3O3S/c1-10(19-13(20)7-8-14(19)21)15(22)18-16-17-12(9-23-16)11-5-3-2-4-6-11/h2-6,9-10H,7-8H2,1H3,(H,17,18,22)/t10-/m0/s1. The number of hydrogen-bond acceptors (Lipinski definition) is 5. The lowest BCUT2D eigenvalue weighted by Gasteiger charge is -2.20. The lowest BCUT2D eigenvalue weighted by molar-refractivity contribution is -0.144. The van der Waals surface area contributed by atoms with Crippen molar-refractivity contribution in [2.24, 2.45) is 0 Å². The molecule has 0 unspecified atom stereocenters. The van der Waals surface area contributed by atoms with Gasteiger partial charge in [0.2, 0.25) is 17.7 Å². The summed E-state index contributed by atoms with van der Waals surface area (Å²) in [6, 6.07) is 8.79. The Bertz CT molecular complexity index is 741. The van der Waals surface area contributed by atoms with Gasteiger partial charge in [0.1, 0.15) is 6.04 Å². The first kappa shape index (κ1) is 15.4. The van der Waals surface area contributed by atoms with Gasteiger partial charge in [-0.15, -0.1) is 11.3 Å². The molecular formula is C16H15N3O3S. The van der Waals surface area contributed by atoms with Crippen LogP contribution in [-0.4, -0.2) is 33.6 Å². The Labute approximate surface area is 137 Å². The van der Waals surface area contributed by atoms with Crippen LogP contribution in [0.15, 0.2) is 35.7 Å². The summed E-state index contributed by atoms with van der Waals surface area (Å²) in [5, 5.41) is 4.97. The van der Waals surface area contributed by atoms with Crippen LogP contribution in [0, 0.1) is 0 Å². The quantitative estimate of drug-likeness (QED) is 0.873. The van der Waals surface area contributed by atoms with Crippen molar-refractivity contribution in [2.45, 2.75) is 25.8 Å². The molecule has 118 valence electrons. The Hall–Kier alpha value is -2.54. The molecule has 0 spiro atoms. The normalized spacial score (nSPS) is 15.8. The van der Waals surface area contributed by atoms with E-state index in [1.165, 1.54) is 11.3 Å². The number of thiazole rings is 1. The second kappa shape index (κ2) is 6.29. The fourth-order valence-corrected chi connectivity index (χ4v) is 3.15. The summed E-state index contributed by atoms with van der Waals surface area (Å²) >= 11 is 1.30. The second-order valence-electron chi connectivity index (χ2n) is 5.23. The van der Waals surface area contributed by atoms with Crippen molar-refractivity contribution in [2.75, 3.05) is 5.32 Å². The molecule has 2 heterocycles. The van der Waals surface area contributed by atoms with E-state index in [-0.39, 0.29) is 24.7 Å². The highest BCUT2D eigenvalue weighted by Gasteiger charge is 2.36. The van der Waals surface area contributed by atoms with Crippen molar-refractivity contribution in [1.82, 2.24) is 9.88 Å². The summed E-state index contributed by atoms with van der Waals surface area (Å²) in [6.45, 7) is 1.54. The average molecular weight is 329 g/mol. The predicted octanol–water partition coefficient (Wildman–Crippen LogP) is 2.29. The number of anilines is 1. The van der Waals surface area contributed by atoms with Gasteiger partial charge >= 0.3 is 0 Å². The molecule has 6 nitrogen and oxygen atoms in total. The SMILES string of the molecule is C[C@@H](C(=O)Nc1nc(-c2ccccc2)cs1)N1C(=O)CCC1=O. The van der Waals surface area contributed by atoms with Gasteiger partial charge in [-0.25, -0.2) is 4.98 Å². The molecule has 1 N–H and O–H groups in total. The van der Waals surface area contributed by atoms with Crippen LogP contribution in [0.1, 0.15) is 19.8 Å².